The Morgan fingerprint density at radius 2 is 1.47 bits per heavy atom. The third kappa shape index (κ3) is 3.37. The molecule has 0 bridgehead atoms. The summed E-state index contributed by atoms with van der Waals surface area (Å²) in [6.07, 6.45) is 0. The predicted octanol–water partition coefficient (Wildman–Crippen LogP) is 6.89. The van der Waals surface area contributed by atoms with Gasteiger partial charge in [0.15, 0.2) is 0 Å². The number of hydrogen-bond acceptors (Lipinski definition) is 2. The van der Waals surface area contributed by atoms with Gasteiger partial charge in [0.1, 0.15) is 0 Å². The lowest BCUT2D eigenvalue weighted by Gasteiger charge is -2.31. The molecule has 4 nitrogen and oxygen atoms in total. The number of anilines is 1. The molecule has 2 N–H and O–H groups in total. The first kappa shape index (κ1) is 22.3. The third-order valence-electron chi connectivity index (χ3n) is 7.12. The van der Waals surface area contributed by atoms with Gasteiger partial charge in [-0.1, -0.05) is 91.0 Å². The molecule has 4 aromatic carbocycles. The molecule has 1 aromatic heterocycles. The Morgan fingerprint density at radius 1 is 0.833 bits per heavy atom. The number of ether oxygens (including phenoxy) is 1. The van der Waals surface area contributed by atoms with Gasteiger partial charge in [-0.15, -0.1) is 0 Å². The molecular formula is C32H28N2O2. The van der Waals surface area contributed by atoms with Crippen molar-refractivity contribution in [3.05, 3.63) is 137 Å². The summed E-state index contributed by atoms with van der Waals surface area (Å²) in [6.45, 7) is 4.37. The maximum Gasteiger partial charge on any atom is 0.266 e. The van der Waals surface area contributed by atoms with E-state index in [9.17, 15) is 4.79 Å². The first-order chi connectivity index (χ1) is 17.6. The summed E-state index contributed by atoms with van der Waals surface area (Å²) >= 11 is 0. The Morgan fingerprint density at radius 3 is 2.14 bits per heavy atom. The molecule has 2 heterocycles. The maximum atomic E-state index is 14.0. The van der Waals surface area contributed by atoms with Crippen LogP contribution in [0.25, 0.3) is 10.9 Å². The van der Waals surface area contributed by atoms with E-state index in [-0.39, 0.29) is 11.8 Å². The summed E-state index contributed by atoms with van der Waals surface area (Å²) in [6, 6.07) is 35.2. The van der Waals surface area contributed by atoms with Crippen LogP contribution < -0.4 is 5.32 Å². The number of aromatic amines is 1. The Labute approximate surface area is 211 Å². The van der Waals surface area contributed by atoms with Crippen LogP contribution >= 0.6 is 0 Å². The molecule has 178 valence electrons. The molecule has 1 aliphatic rings. The van der Waals surface area contributed by atoms with Crippen LogP contribution in [0.2, 0.25) is 0 Å². The van der Waals surface area contributed by atoms with Crippen molar-refractivity contribution < 1.29 is 9.53 Å². The number of rotatable bonds is 6. The molecule has 0 fully saturated rings. The molecule has 1 aliphatic heterocycles. The van der Waals surface area contributed by atoms with Crippen molar-refractivity contribution in [2.45, 2.75) is 25.4 Å². The van der Waals surface area contributed by atoms with Crippen molar-refractivity contribution in [3.8, 4) is 0 Å². The summed E-state index contributed by atoms with van der Waals surface area (Å²) in [7, 11) is 0. The minimum absolute atomic E-state index is 0.116. The van der Waals surface area contributed by atoms with Crippen molar-refractivity contribution in [2.24, 2.45) is 0 Å². The molecule has 0 radical (unpaired) electrons. The second kappa shape index (κ2) is 8.81. The fourth-order valence-electron chi connectivity index (χ4n) is 5.66. The van der Waals surface area contributed by atoms with E-state index in [1.807, 2.05) is 56.3 Å². The highest BCUT2D eigenvalue weighted by molar-refractivity contribution is 6.10. The molecule has 36 heavy (non-hydrogen) atoms. The summed E-state index contributed by atoms with van der Waals surface area (Å²) in [5.41, 5.74) is 6.58. The number of nitrogens with one attached hydrogen (secondary N) is 2. The average Bonchev–Trinajstić information content (AvgIpc) is 3.40. The number of para-hydroxylation sites is 1. The number of aromatic nitrogens is 1. The number of amides is 1. The molecule has 0 saturated heterocycles. The lowest BCUT2D eigenvalue weighted by Crippen LogP contribution is -2.39. The normalized spacial score (nSPS) is 16.9. The fourth-order valence-corrected chi connectivity index (χ4v) is 5.66. The molecular weight excluding hydrogens is 444 g/mol. The van der Waals surface area contributed by atoms with E-state index in [2.05, 4.69) is 71.0 Å². The van der Waals surface area contributed by atoms with E-state index in [4.69, 9.17) is 4.74 Å². The molecule has 1 atom stereocenters. The zero-order valence-electron chi connectivity index (χ0n) is 20.4. The van der Waals surface area contributed by atoms with Crippen LogP contribution in [0.1, 0.15) is 46.4 Å². The molecule has 0 saturated carbocycles. The van der Waals surface area contributed by atoms with Crippen LogP contribution in [0.5, 0.6) is 0 Å². The lowest BCUT2D eigenvalue weighted by molar-refractivity contribution is -0.135. The Bertz CT molecular complexity index is 1520. The minimum atomic E-state index is -1.27. The zero-order valence-corrected chi connectivity index (χ0v) is 20.4. The van der Waals surface area contributed by atoms with E-state index in [0.717, 1.165) is 50.1 Å². The molecule has 0 aliphatic carbocycles. The number of fused-ring (bicyclic) bond motifs is 2. The highest BCUT2D eigenvalue weighted by Gasteiger charge is 2.52. The van der Waals surface area contributed by atoms with Crippen molar-refractivity contribution in [1.82, 2.24) is 4.98 Å². The van der Waals surface area contributed by atoms with Gasteiger partial charge in [0.05, 0.1) is 0 Å². The van der Waals surface area contributed by atoms with Gasteiger partial charge in [-0.2, -0.15) is 0 Å². The first-order valence-corrected chi connectivity index (χ1v) is 12.4. The predicted molar refractivity (Wildman–Crippen MR) is 144 cm³/mol. The van der Waals surface area contributed by atoms with Gasteiger partial charge < -0.3 is 15.0 Å². The monoisotopic (exact) mass is 472 g/mol. The number of H-pyrrole nitrogens is 1. The Balaban J connectivity index is 1.72. The number of carbonyl (C=O) groups is 1. The molecule has 0 spiro atoms. The van der Waals surface area contributed by atoms with Gasteiger partial charge in [0.25, 0.3) is 5.91 Å². The van der Waals surface area contributed by atoms with Crippen LogP contribution in [-0.4, -0.2) is 17.5 Å². The quantitative estimate of drug-likeness (QED) is 0.283. The Hall–Kier alpha value is -4.15. The van der Waals surface area contributed by atoms with Gasteiger partial charge in [-0.25, -0.2) is 0 Å². The third-order valence-corrected chi connectivity index (χ3v) is 7.12. The SMILES string of the molecule is CCOC1(c2c(C(c3ccccc3)c3ccccc3)[nH]c3ccccc23)C(=O)Nc2cc(C)ccc21. The second-order valence-electron chi connectivity index (χ2n) is 9.33. The highest BCUT2D eigenvalue weighted by atomic mass is 16.5. The topological polar surface area (TPSA) is 54.1 Å². The van der Waals surface area contributed by atoms with Crippen LogP contribution in [-0.2, 0) is 15.1 Å². The van der Waals surface area contributed by atoms with E-state index < -0.39 is 5.60 Å². The molecule has 5 aromatic rings. The van der Waals surface area contributed by atoms with E-state index >= 15 is 0 Å². The van der Waals surface area contributed by atoms with Gasteiger partial charge >= 0.3 is 0 Å². The van der Waals surface area contributed by atoms with E-state index in [1.54, 1.807) is 0 Å². The van der Waals surface area contributed by atoms with E-state index in [1.165, 1.54) is 0 Å². The number of benzene rings is 4. The van der Waals surface area contributed by atoms with Gasteiger partial charge in [-0.05, 0) is 42.7 Å². The Kier molecular flexibility index (Phi) is 5.46. The van der Waals surface area contributed by atoms with Crippen LogP contribution in [0.3, 0.4) is 0 Å². The van der Waals surface area contributed by atoms with Crippen molar-refractivity contribution >= 4 is 22.5 Å². The molecule has 1 unspecified atom stereocenters. The summed E-state index contributed by atoms with van der Waals surface area (Å²) < 4.78 is 6.55. The van der Waals surface area contributed by atoms with Crippen molar-refractivity contribution in [2.75, 3.05) is 11.9 Å². The summed E-state index contributed by atoms with van der Waals surface area (Å²) in [4.78, 5) is 17.7. The molecule has 1 amide bonds. The molecule has 6 rings (SSSR count). The average molecular weight is 473 g/mol. The van der Waals surface area contributed by atoms with Crippen LogP contribution in [0.4, 0.5) is 5.69 Å². The summed E-state index contributed by atoms with van der Waals surface area (Å²) in [5, 5.41) is 4.12. The van der Waals surface area contributed by atoms with Gasteiger partial charge in [-0.3, -0.25) is 4.79 Å². The van der Waals surface area contributed by atoms with Crippen LogP contribution in [0, 0.1) is 6.92 Å². The van der Waals surface area contributed by atoms with E-state index in [0.29, 0.717) is 6.61 Å². The highest BCUT2D eigenvalue weighted by Crippen LogP contribution is 2.50. The van der Waals surface area contributed by atoms with Gasteiger partial charge in [0, 0.05) is 45.9 Å². The first-order valence-electron chi connectivity index (χ1n) is 12.4. The standard InChI is InChI=1S/C32H28N2O2/c1-3-36-32(25-19-18-21(2)20-27(25)34-31(32)35)29-24-16-10-11-17-26(24)33-30(29)28(22-12-6-4-7-13-22)23-14-8-5-9-15-23/h4-20,28,33H,3H2,1-2H3,(H,34,35). The van der Waals surface area contributed by atoms with Gasteiger partial charge in [0.2, 0.25) is 5.60 Å². The maximum absolute atomic E-state index is 14.0. The largest absolute Gasteiger partial charge is 0.357 e. The fraction of sp³-hybridized carbons (Fsp3) is 0.156. The van der Waals surface area contributed by atoms with Crippen molar-refractivity contribution in [1.29, 1.82) is 0 Å². The minimum Gasteiger partial charge on any atom is -0.357 e. The number of aryl methyl sites for hydroxylation is 1. The van der Waals surface area contributed by atoms with Crippen LogP contribution in [0.15, 0.2) is 103 Å². The summed E-state index contributed by atoms with van der Waals surface area (Å²) in [5.74, 6) is -0.273. The zero-order chi connectivity index (χ0) is 24.7. The lowest BCUT2D eigenvalue weighted by atomic mass is 9.79. The smallest absolute Gasteiger partial charge is 0.266 e. The molecule has 4 heteroatoms. The second-order valence-corrected chi connectivity index (χ2v) is 9.33. The van der Waals surface area contributed by atoms with Crippen molar-refractivity contribution in [3.63, 3.8) is 0 Å². The number of hydrogen-bond donors (Lipinski definition) is 2. The number of carbonyl (C=O) groups excluding carboxylic acids is 1.